The molecule has 0 saturated carbocycles. The minimum Gasteiger partial charge on any atom is -0.493 e. The third kappa shape index (κ3) is 7.13. The minimum atomic E-state index is -0.477. The Balaban J connectivity index is 0.00000112. The van der Waals surface area contributed by atoms with Crippen molar-refractivity contribution in [3.05, 3.63) is 64.9 Å². The molecule has 39 heavy (non-hydrogen) atoms. The number of hydrogen-bond donors (Lipinski definition) is 3. The summed E-state index contributed by atoms with van der Waals surface area (Å²) in [4.78, 5) is 40.5. The van der Waals surface area contributed by atoms with Gasteiger partial charge in [-0.25, -0.2) is 9.37 Å². The highest BCUT2D eigenvalue weighted by molar-refractivity contribution is 7.13. The number of carboxylic acid groups (broad SMARTS) is 1. The number of rotatable bonds is 2. The van der Waals surface area contributed by atoms with E-state index >= 15 is 0 Å². The first-order valence-electron chi connectivity index (χ1n) is 12.0. The minimum absolute atomic E-state index is 0.107. The first-order valence-corrected chi connectivity index (χ1v) is 12.8. The molecule has 2 aliphatic rings. The Labute approximate surface area is 227 Å². The van der Waals surface area contributed by atoms with Crippen LogP contribution in [0.3, 0.4) is 0 Å². The van der Waals surface area contributed by atoms with Crippen molar-refractivity contribution < 1.29 is 38.1 Å². The van der Waals surface area contributed by atoms with Crippen LogP contribution in [0.1, 0.15) is 22.3 Å². The molecule has 11 nitrogen and oxygen atoms in total. The van der Waals surface area contributed by atoms with E-state index < -0.39 is 23.9 Å². The van der Waals surface area contributed by atoms with Gasteiger partial charge in [0, 0.05) is 49.3 Å². The summed E-state index contributed by atoms with van der Waals surface area (Å²) in [6.45, 7) is 0.703. The molecule has 0 radical (unpaired) electrons. The Morgan fingerprint density at radius 3 is 2.82 bits per heavy atom. The number of anilines is 1. The molecular weight excluding hydrogens is 531 g/mol. The number of methoxy groups -OCH3 is 1. The second-order valence-corrected chi connectivity index (χ2v) is 9.49. The number of hydrogen-bond acceptors (Lipinski definition) is 9. The normalized spacial score (nSPS) is 19.1. The van der Waals surface area contributed by atoms with Crippen molar-refractivity contribution in [1.82, 2.24) is 15.6 Å². The van der Waals surface area contributed by atoms with Crippen molar-refractivity contribution in [1.29, 1.82) is 0 Å². The highest BCUT2D eigenvalue weighted by Crippen LogP contribution is 2.29. The molecular formula is C26H27FN4O7S. The van der Waals surface area contributed by atoms with E-state index in [1.165, 1.54) is 30.6 Å². The molecule has 1 fully saturated rings. The summed E-state index contributed by atoms with van der Waals surface area (Å²) >= 11 is 1.52. The van der Waals surface area contributed by atoms with Crippen LogP contribution < -0.4 is 29.7 Å². The maximum Gasteiger partial charge on any atom is 0.290 e. The van der Waals surface area contributed by atoms with Gasteiger partial charge < -0.3 is 34.9 Å². The van der Waals surface area contributed by atoms with Gasteiger partial charge >= 0.3 is 0 Å². The number of nitrogens with one attached hydrogen (secondary N) is 2. The molecule has 2 atom stereocenters. The Morgan fingerprint density at radius 2 is 2.08 bits per heavy atom. The van der Waals surface area contributed by atoms with Crippen LogP contribution in [0.25, 0.3) is 0 Å². The average Bonchev–Trinajstić information content (AvgIpc) is 3.46. The highest BCUT2D eigenvalue weighted by atomic mass is 32.1. The fraction of sp³-hybridized carbons (Fsp3) is 0.308. The quantitative estimate of drug-likeness (QED) is 0.405. The Hall–Kier alpha value is -4.39. The van der Waals surface area contributed by atoms with Gasteiger partial charge in [0.2, 0.25) is 0 Å². The van der Waals surface area contributed by atoms with E-state index in [4.69, 9.17) is 24.1 Å². The Morgan fingerprint density at radius 1 is 1.26 bits per heavy atom. The summed E-state index contributed by atoms with van der Waals surface area (Å²) < 4.78 is 31.6. The van der Waals surface area contributed by atoms with E-state index in [-0.39, 0.29) is 31.3 Å². The zero-order chi connectivity index (χ0) is 27.8. The standard InChI is InChI=1S/C25H25FN4O5S.CH2O2/c1-33-21-3-2-16-10-22(21)34-14-23(31)28-12-15-8-17(26)11-18(9-15)35-20-4-6-30(25-27-5-7-36-25)13-19(20)29-24(16)32;2-1-3/h2-3,5,7-11,19-20H,4,6,12-14H2,1H3,(H,28,31)(H,29,32);1H,(H,2,3)/t19-,20+;/m0./s1. The number of benzene rings is 2. The zero-order valence-electron chi connectivity index (χ0n) is 21.0. The van der Waals surface area contributed by atoms with E-state index in [1.54, 1.807) is 30.5 Å². The third-order valence-corrected chi connectivity index (χ3v) is 6.88. The lowest BCUT2D eigenvalue weighted by molar-refractivity contribution is -0.123. The van der Waals surface area contributed by atoms with E-state index in [1.807, 2.05) is 5.38 Å². The number of nitrogens with zero attached hydrogens (tertiary/aromatic N) is 2. The number of carbonyl (C=O) groups is 3. The molecule has 2 amide bonds. The van der Waals surface area contributed by atoms with Gasteiger partial charge in [0.25, 0.3) is 18.3 Å². The van der Waals surface area contributed by atoms with Gasteiger partial charge in [-0.2, -0.15) is 0 Å². The summed E-state index contributed by atoms with van der Waals surface area (Å²) in [6, 6.07) is 8.72. The monoisotopic (exact) mass is 558 g/mol. The average molecular weight is 559 g/mol. The van der Waals surface area contributed by atoms with Crippen molar-refractivity contribution in [2.45, 2.75) is 25.1 Å². The SMILES string of the molecule is COc1ccc2cc1OCC(=O)NCc1cc(F)cc(c1)O[C@@H]1CCN(c3nccs3)C[C@@H]1NC2=O.O=CO. The smallest absolute Gasteiger partial charge is 0.290 e. The predicted molar refractivity (Wildman–Crippen MR) is 140 cm³/mol. The fourth-order valence-corrected chi connectivity index (χ4v) is 4.98. The van der Waals surface area contributed by atoms with Gasteiger partial charge in [0.1, 0.15) is 17.7 Å². The van der Waals surface area contributed by atoms with Gasteiger partial charge in [-0.05, 0) is 35.9 Å². The van der Waals surface area contributed by atoms with Crippen LogP contribution in [0.2, 0.25) is 0 Å². The first-order chi connectivity index (χ1) is 18.9. The number of fused-ring (bicyclic) bond motifs is 5. The molecule has 1 saturated heterocycles. The molecule has 4 bridgehead atoms. The van der Waals surface area contributed by atoms with Gasteiger partial charge in [-0.3, -0.25) is 14.4 Å². The second kappa shape index (κ2) is 12.9. The van der Waals surface area contributed by atoms with E-state index in [9.17, 15) is 14.0 Å². The number of carbonyl (C=O) groups excluding carboxylic acids is 2. The summed E-state index contributed by atoms with van der Waals surface area (Å²) in [5.41, 5.74) is 0.891. The summed E-state index contributed by atoms with van der Waals surface area (Å²) in [6.07, 6.45) is 1.92. The van der Waals surface area contributed by atoms with Crippen LogP contribution in [0, 0.1) is 5.82 Å². The predicted octanol–water partition coefficient (Wildman–Crippen LogP) is 2.46. The molecule has 1 aromatic heterocycles. The molecule has 3 heterocycles. The summed E-state index contributed by atoms with van der Waals surface area (Å²) in [5.74, 6) is -0.222. The molecule has 0 aliphatic carbocycles. The van der Waals surface area contributed by atoms with Gasteiger partial charge in [-0.15, -0.1) is 11.3 Å². The van der Waals surface area contributed by atoms with Crippen LogP contribution in [0.15, 0.2) is 48.0 Å². The van der Waals surface area contributed by atoms with E-state index in [0.717, 1.165) is 5.13 Å². The molecule has 13 heteroatoms. The number of amides is 2. The molecule has 206 valence electrons. The topological polar surface area (TPSA) is 139 Å². The number of thiazole rings is 1. The fourth-order valence-electron chi connectivity index (χ4n) is 4.30. The van der Waals surface area contributed by atoms with Crippen molar-refractivity contribution in [2.24, 2.45) is 0 Å². The number of aromatic nitrogens is 1. The van der Waals surface area contributed by atoms with E-state index in [2.05, 4.69) is 20.5 Å². The Bertz CT molecular complexity index is 1310. The van der Waals surface area contributed by atoms with Crippen LogP contribution >= 0.6 is 11.3 Å². The molecule has 5 rings (SSSR count). The second-order valence-electron chi connectivity index (χ2n) is 8.62. The molecule has 2 aromatic carbocycles. The zero-order valence-corrected chi connectivity index (χ0v) is 21.8. The van der Waals surface area contributed by atoms with Crippen molar-refractivity contribution in [3.8, 4) is 17.2 Å². The highest BCUT2D eigenvalue weighted by Gasteiger charge is 2.33. The number of halogens is 1. The van der Waals surface area contributed by atoms with Gasteiger partial charge in [0.05, 0.1) is 13.2 Å². The van der Waals surface area contributed by atoms with Crippen molar-refractivity contribution >= 4 is 34.8 Å². The van der Waals surface area contributed by atoms with Crippen molar-refractivity contribution in [3.63, 3.8) is 0 Å². The third-order valence-electron chi connectivity index (χ3n) is 6.05. The van der Waals surface area contributed by atoms with Crippen LogP contribution in [-0.4, -0.2) is 67.3 Å². The largest absolute Gasteiger partial charge is 0.493 e. The van der Waals surface area contributed by atoms with Crippen molar-refractivity contribution in [2.75, 3.05) is 31.7 Å². The van der Waals surface area contributed by atoms with Crippen LogP contribution in [-0.2, 0) is 16.1 Å². The molecule has 2 aliphatic heterocycles. The summed E-state index contributed by atoms with van der Waals surface area (Å²) in [7, 11) is 1.48. The number of piperidine rings is 1. The lowest BCUT2D eigenvalue weighted by Gasteiger charge is -2.38. The number of ether oxygens (including phenoxy) is 3. The molecule has 0 spiro atoms. The molecule has 3 N–H and O–H groups in total. The first kappa shape index (κ1) is 27.6. The Kier molecular flexibility index (Phi) is 9.15. The van der Waals surface area contributed by atoms with Gasteiger partial charge in [0.15, 0.2) is 23.2 Å². The molecule has 3 aromatic rings. The summed E-state index contributed by atoms with van der Waals surface area (Å²) in [5, 5.41) is 15.4. The van der Waals surface area contributed by atoms with Crippen LogP contribution in [0.4, 0.5) is 9.52 Å². The van der Waals surface area contributed by atoms with Gasteiger partial charge in [-0.1, -0.05) is 0 Å². The lowest BCUT2D eigenvalue weighted by Crippen LogP contribution is -2.57. The van der Waals surface area contributed by atoms with E-state index in [0.29, 0.717) is 42.1 Å². The molecule has 0 unspecified atom stereocenters. The lowest BCUT2D eigenvalue weighted by atomic mass is 10.0. The maximum absolute atomic E-state index is 14.4. The maximum atomic E-state index is 14.4. The van der Waals surface area contributed by atoms with Crippen LogP contribution in [0.5, 0.6) is 17.2 Å².